The molecule has 0 amide bonds. The lowest BCUT2D eigenvalue weighted by molar-refractivity contribution is -0.147. The van der Waals surface area contributed by atoms with E-state index in [0.29, 0.717) is 6.42 Å². The van der Waals surface area contributed by atoms with Crippen LogP contribution < -0.4 is 5.32 Å². The van der Waals surface area contributed by atoms with E-state index in [2.05, 4.69) is 5.32 Å². The maximum atomic E-state index is 10.7. The summed E-state index contributed by atoms with van der Waals surface area (Å²) in [6.07, 6.45) is 1.58. The summed E-state index contributed by atoms with van der Waals surface area (Å²) in [5, 5.41) is 3.12. The minimum atomic E-state index is -0.0892. The predicted molar refractivity (Wildman–Crippen MR) is 44.9 cm³/mol. The van der Waals surface area contributed by atoms with E-state index in [-0.39, 0.29) is 24.5 Å². The van der Waals surface area contributed by atoms with Gasteiger partial charge >= 0.3 is 5.97 Å². The molecule has 1 N–H and O–H groups in total. The number of esters is 1. The molecule has 0 saturated carbocycles. The summed E-state index contributed by atoms with van der Waals surface area (Å²) in [5.74, 6) is -0.0892. The summed E-state index contributed by atoms with van der Waals surface area (Å²) in [7, 11) is 0. The van der Waals surface area contributed by atoms with Crippen molar-refractivity contribution in [3.8, 4) is 0 Å². The fourth-order valence-electron chi connectivity index (χ4n) is 0.998. The molecule has 0 spiro atoms. The molecule has 66 valence electrons. The molecule has 0 aromatic carbocycles. The van der Waals surface area contributed by atoms with Crippen molar-refractivity contribution < 1.29 is 9.53 Å². The van der Waals surface area contributed by atoms with Crippen LogP contribution >= 0.6 is 12.4 Å². The molecule has 1 unspecified atom stereocenters. The Kier molecular flexibility index (Phi) is 5.24. The second kappa shape index (κ2) is 5.38. The number of ether oxygens (including phenoxy) is 1. The van der Waals surface area contributed by atoms with Crippen LogP contribution in [-0.2, 0) is 9.53 Å². The molecule has 1 aliphatic heterocycles. The van der Waals surface area contributed by atoms with Crippen molar-refractivity contribution in [1.29, 1.82) is 0 Å². The minimum absolute atomic E-state index is 0. The van der Waals surface area contributed by atoms with Gasteiger partial charge in [-0.1, -0.05) is 6.92 Å². The lowest BCUT2D eigenvalue weighted by Crippen LogP contribution is -2.20. The second-order valence-corrected chi connectivity index (χ2v) is 2.46. The molecular formula is C7H14ClNO2. The van der Waals surface area contributed by atoms with Crippen LogP contribution in [0.4, 0.5) is 0 Å². The Labute approximate surface area is 72.9 Å². The number of halogens is 1. The summed E-state index contributed by atoms with van der Waals surface area (Å²) < 4.78 is 5.06. The molecule has 1 atom stereocenters. The molecule has 0 aromatic rings. The maximum Gasteiger partial charge on any atom is 0.305 e. The molecule has 1 aliphatic rings. The summed E-state index contributed by atoms with van der Waals surface area (Å²) in [6, 6.07) is 0. The second-order valence-electron chi connectivity index (χ2n) is 2.46. The molecule has 11 heavy (non-hydrogen) atoms. The van der Waals surface area contributed by atoms with E-state index in [4.69, 9.17) is 4.74 Å². The SMILES string of the molecule is CCC(=O)OC1CCNC1.Cl. The first-order valence-electron chi connectivity index (χ1n) is 3.73. The average Bonchev–Trinajstić information content (AvgIpc) is 2.40. The largest absolute Gasteiger partial charge is 0.461 e. The van der Waals surface area contributed by atoms with Crippen LogP contribution in [0.3, 0.4) is 0 Å². The van der Waals surface area contributed by atoms with Gasteiger partial charge in [0.25, 0.3) is 0 Å². The highest BCUT2D eigenvalue weighted by Crippen LogP contribution is 2.03. The summed E-state index contributed by atoms with van der Waals surface area (Å²) in [5.41, 5.74) is 0. The van der Waals surface area contributed by atoms with E-state index in [1.165, 1.54) is 0 Å². The van der Waals surface area contributed by atoms with Crippen LogP contribution in [0.25, 0.3) is 0 Å². The zero-order chi connectivity index (χ0) is 7.40. The first-order chi connectivity index (χ1) is 4.83. The molecule has 1 heterocycles. The van der Waals surface area contributed by atoms with Gasteiger partial charge in [0.1, 0.15) is 6.10 Å². The van der Waals surface area contributed by atoms with Crippen molar-refractivity contribution in [2.24, 2.45) is 0 Å². The van der Waals surface area contributed by atoms with Crippen molar-refractivity contribution in [2.45, 2.75) is 25.9 Å². The summed E-state index contributed by atoms with van der Waals surface area (Å²) in [6.45, 7) is 3.61. The summed E-state index contributed by atoms with van der Waals surface area (Å²) in [4.78, 5) is 10.7. The zero-order valence-corrected chi connectivity index (χ0v) is 7.45. The van der Waals surface area contributed by atoms with Crippen LogP contribution in [0.1, 0.15) is 19.8 Å². The van der Waals surface area contributed by atoms with Crippen LogP contribution in [0.15, 0.2) is 0 Å². The summed E-state index contributed by atoms with van der Waals surface area (Å²) >= 11 is 0. The molecule has 0 aliphatic carbocycles. The third kappa shape index (κ3) is 3.58. The van der Waals surface area contributed by atoms with Gasteiger partial charge in [-0.2, -0.15) is 0 Å². The van der Waals surface area contributed by atoms with Crippen LogP contribution in [0.5, 0.6) is 0 Å². The molecule has 1 rings (SSSR count). The molecule has 0 aromatic heterocycles. The third-order valence-corrected chi connectivity index (χ3v) is 1.60. The normalized spacial score (nSPS) is 22.5. The number of carbonyl (C=O) groups excluding carboxylic acids is 1. The lowest BCUT2D eigenvalue weighted by Gasteiger charge is -2.08. The van der Waals surface area contributed by atoms with Gasteiger partial charge in [0.05, 0.1) is 0 Å². The third-order valence-electron chi connectivity index (χ3n) is 1.60. The highest BCUT2D eigenvalue weighted by atomic mass is 35.5. The monoisotopic (exact) mass is 179 g/mol. The number of hydrogen-bond acceptors (Lipinski definition) is 3. The van der Waals surface area contributed by atoms with Gasteiger partial charge in [0.2, 0.25) is 0 Å². The average molecular weight is 180 g/mol. The predicted octanol–water partition coefficient (Wildman–Crippen LogP) is 0.723. The van der Waals surface area contributed by atoms with E-state index in [1.807, 2.05) is 6.92 Å². The Morgan fingerprint density at radius 1 is 1.73 bits per heavy atom. The Morgan fingerprint density at radius 3 is 2.91 bits per heavy atom. The zero-order valence-electron chi connectivity index (χ0n) is 6.63. The van der Waals surface area contributed by atoms with E-state index in [1.54, 1.807) is 0 Å². The van der Waals surface area contributed by atoms with Gasteiger partial charge < -0.3 is 10.1 Å². The van der Waals surface area contributed by atoms with Crippen molar-refractivity contribution in [1.82, 2.24) is 5.32 Å². The van der Waals surface area contributed by atoms with E-state index in [9.17, 15) is 4.79 Å². The highest BCUT2D eigenvalue weighted by molar-refractivity contribution is 5.85. The first kappa shape index (κ1) is 10.7. The van der Waals surface area contributed by atoms with E-state index >= 15 is 0 Å². The van der Waals surface area contributed by atoms with Crippen molar-refractivity contribution in [3.63, 3.8) is 0 Å². The molecular weight excluding hydrogens is 166 g/mol. The molecule has 4 heteroatoms. The van der Waals surface area contributed by atoms with Crippen molar-refractivity contribution in [2.75, 3.05) is 13.1 Å². The number of rotatable bonds is 2. The fourth-order valence-corrected chi connectivity index (χ4v) is 0.998. The van der Waals surface area contributed by atoms with Crippen molar-refractivity contribution >= 4 is 18.4 Å². The highest BCUT2D eigenvalue weighted by Gasteiger charge is 2.17. The van der Waals surface area contributed by atoms with Gasteiger partial charge in [-0.15, -0.1) is 12.4 Å². The molecule has 1 saturated heterocycles. The van der Waals surface area contributed by atoms with Gasteiger partial charge in [-0.25, -0.2) is 0 Å². The van der Waals surface area contributed by atoms with Crippen molar-refractivity contribution in [3.05, 3.63) is 0 Å². The van der Waals surface area contributed by atoms with Gasteiger partial charge in [-0.05, 0) is 13.0 Å². The van der Waals surface area contributed by atoms with Crippen LogP contribution in [0, 0.1) is 0 Å². The topological polar surface area (TPSA) is 38.3 Å². The smallest absolute Gasteiger partial charge is 0.305 e. The van der Waals surface area contributed by atoms with Gasteiger partial charge in [-0.3, -0.25) is 4.79 Å². The van der Waals surface area contributed by atoms with Crippen LogP contribution in [0.2, 0.25) is 0 Å². The Bertz CT molecular complexity index is 124. The van der Waals surface area contributed by atoms with E-state index in [0.717, 1.165) is 19.5 Å². The molecule has 1 fully saturated rings. The number of hydrogen-bond donors (Lipinski definition) is 1. The lowest BCUT2D eigenvalue weighted by atomic mass is 10.3. The fraction of sp³-hybridized carbons (Fsp3) is 0.857. The van der Waals surface area contributed by atoms with E-state index < -0.39 is 0 Å². The minimum Gasteiger partial charge on any atom is -0.461 e. The molecule has 3 nitrogen and oxygen atoms in total. The van der Waals surface area contributed by atoms with Crippen LogP contribution in [-0.4, -0.2) is 25.2 Å². The standard InChI is InChI=1S/C7H13NO2.ClH/c1-2-7(9)10-6-3-4-8-5-6;/h6,8H,2-5H2,1H3;1H. The quantitative estimate of drug-likeness (QED) is 0.635. The number of nitrogens with one attached hydrogen (secondary N) is 1. The van der Waals surface area contributed by atoms with Gasteiger partial charge in [0, 0.05) is 13.0 Å². The Balaban J connectivity index is 0.000001000. The molecule has 0 radical (unpaired) electrons. The maximum absolute atomic E-state index is 10.7. The number of carbonyl (C=O) groups is 1. The van der Waals surface area contributed by atoms with Gasteiger partial charge in [0.15, 0.2) is 0 Å². The molecule has 0 bridgehead atoms. The Hall–Kier alpha value is -0.280. The Morgan fingerprint density at radius 2 is 2.45 bits per heavy atom. The first-order valence-corrected chi connectivity index (χ1v) is 3.73.